The van der Waals surface area contributed by atoms with E-state index < -0.39 is 0 Å². The maximum atomic E-state index is 12.3. The Morgan fingerprint density at radius 2 is 1.85 bits per heavy atom. The molecule has 1 heterocycles. The SMILES string of the molecule is CCCC(=O)N(CCN)Cc1ccc(-c2ccccc2-c2nnn[nH]2)cc1. The van der Waals surface area contributed by atoms with Gasteiger partial charge in [-0.25, -0.2) is 5.10 Å². The summed E-state index contributed by atoms with van der Waals surface area (Å²) in [6.45, 7) is 3.62. The Labute approximate surface area is 158 Å². The van der Waals surface area contributed by atoms with Gasteiger partial charge in [0.25, 0.3) is 0 Å². The summed E-state index contributed by atoms with van der Waals surface area (Å²) in [5.41, 5.74) is 9.80. The van der Waals surface area contributed by atoms with E-state index in [1.165, 1.54) is 0 Å². The molecule has 0 aliphatic rings. The number of nitrogens with two attached hydrogens (primary N) is 1. The molecule has 0 bridgehead atoms. The molecule has 2 aromatic carbocycles. The second-order valence-electron chi connectivity index (χ2n) is 6.35. The number of nitrogens with one attached hydrogen (secondary N) is 1. The van der Waals surface area contributed by atoms with Gasteiger partial charge in [-0.1, -0.05) is 55.5 Å². The molecule has 0 unspecified atom stereocenters. The van der Waals surface area contributed by atoms with Crippen molar-refractivity contribution >= 4 is 5.91 Å². The van der Waals surface area contributed by atoms with Crippen molar-refractivity contribution in [3.63, 3.8) is 0 Å². The largest absolute Gasteiger partial charge is 0.337 e. The maximum absolute atomic E-state index is 12.3. The van der Waals surface area contributed by atoms with E-state index in [2.05, 4.69) is 32.8 Å². The van der Waals surface area contributed by atoms with E-state index in [1.54, 1.807) is 0 Å². The summed E-state index contributed by atoms with van der Waals surface area (Å²) >= 11 is 0. The van der Waals surface area contributed by atoms with Crippen molar-refractivity contribution < 1.29 is 4.79 Å². The number of rotatable bonds is 8. The van der Waals surface area contributed by atoms with Crippen molar-refractivity contribution in [2.24, 2.45) is 5.73 Å². The number of aromatic amines is 1. The predicted octanol–water partition coefficient (Wildman–Crippen LogP) is 2.62. The molecule has 0 spiro atoms. The fourth-order valence-corrected chi connectivity index (χ4v) is 3.04. The van der Waals surface area contributed by atoms with Crippen LogP contribution in [0.3, 0.4) is 0 Å². The summed E-state index contributed by atoms with van der Waals surface area (Å²) in [6, 6.07) is 16.2. The molecule has 0 saturated heterocycles. The minimum absolute atomic E-state index is 0.148. The van der Waals surface area contributed by atoms with E-state index in [0.717, 1.165) is 28.7 Å². The predicted molar refractivity (Wildman–Crippen MR) is 104 cm³/mol. The molecule has 7 nitrogen and oxygen atoms in total. The highest BCUT2D eigenvalue weighted by molar-refractivity contribution is 5.80. The van der Waals surface area contributed by atoms with Crippen LogP contribution in [0, 0.1) is 0 Å². The van der Waals surface area contributed by atoms with Crippen LogP contribution in [0.5, 0.6) is 0 Å². The number of carbonyl (C=O) groups is 1. The molecule has 3 rings (SSSR count). The Kier molecular flexibility index (Phi) is 6.27. The van der Waals surface area contributed by atoms with Crippen LogP contribution in [-0.2, 0) is 11.3 Å². The summed E-state index contributed by atoms with van der Waals surface area (Å²) in [7, 11) is 0. The molecular formula is C20H24N6O. The average molecular weight is 364 g/mol. The van der Waals surface area contributed by atoms with Gasteiger partial charge in [-0.15, -0.1) is 5.10 Å². The van der Waals surface area contributed by atoms with Gasteiger partial charge in [0.15, 0.2) is 5.82 Å². The number of nitrogens with zero attached hydrogens (tertiary/aromatic N) is 4. The normalized spacial score (nSPS) is 10.7. The van der Waals surface area contributed by atoms with Crippen LogP contribution < -0.4 is 5.73 Å². The lowest BCUT2D eigenvalue weighted by atomic mass is 9.98. The highest BCUT2D eigenvalue weighted by Gasteiger charge is 2.13. The van der Waals surface area contributed by atoms with Crippen LogP contribution in [0.2, 0.25) is 0 Å². The Hall–Kier alpha value is -3.06. The smallest absolute Gasteiger partial charge is 0.222 e. The van der Waals surface area contributed by atoms with Gasteiger partial charge in [-0.2, -0.15) is 0 Å². The maximum Gasteiger partial charge on any atom is 0.222 e. The Bertz CT molecular complexity index is 860. The van der Waals surface area contributed by atoms with Crippen LogP contribution in [0.1, 0.15) is 25.3 Å². The second-order valence-corrected chi connectivity index (χ2v) is 6.35. The van der Waals surface area contributed by atoms with Gasteiger partial charge in [0.05, 0.1) is 0 Å². The molecule has 3 aromatic rings. The third kappa shape index (κ3) is 4.57. The van der Waals surface area contributed by atoms with Crippen molar-refractivity contribution in [3.8, 4) is 22.5 Å². The first-order valence-electron chi connectivity index (χ1n) is 9.13. The lowest BCUT2D eigenvalue weighted by Crippen LogP contribution is -2.34. The number of benzene rings is 2. The third-order valence-corrected chi connectivity index (χ3v) is 4.38. The number of amides is 1. The molecule has 0 radical (unpaired) electrons. The van der Waals surface area contributed by atoms with Gasteiger partial charge in [-0.05, 0) is 33.5 Å². The van der Waals surface area contributed by atoms with Crippen molar-refractivity contribution in [1.29, 1.82) is 0 Å². The molecule has 1 amide bonds. The van der Waals surface area contributed by atoms with E-state index in [9.17, 15) is 4.79 Å². The summed E-state index contributed by atoms with van der Waals surface area (Å²) in [5.74, 6) is 0.782. The molecule has 0 aliphatic heterocycles. The van der Waals surface area contributed by atoms with Crippen molar-refractivity contribution in [2.75, 3.05) is 13.1 Å². The number of carbonyl (C=O) groups excluding carboxylic acids is 1. The van der Waals surface area contributed by atoms with E-state index in [-0.39, 0.29) is 5.91 Å². The Morgan fingerprint density at radius 1 is 1.11 bits per heavy atom. The lowest BCUT2D eigenvalue weighted by Gasteiger charge is -2.22. The molecule has 27 heavy (non-hydrogen) atoms. The van der Waals surface area contributed by atoms with Crippen LogP contribution >= 0.6 is 0 Å². The number of aromatic nitrogens is 4. The zero-order chi connectivity index (χ0) is 19.1. The molecule has 0 aliphatic carbocycles. The van der Waals surface area contributed by atoms with E-state index in [0.29, 0.717) is 31.9 Å². The molecule has 0 saturated carbocycles. The number of tetrazole rings is 1. The quantitative estimate of drug-likeness (QED) is 0.640. The molecular weight excluding hydrogens is 340 g/mol. The Balaban J connectivity index is 1.81. The standard InChI is InChI=1S/C20H24N6O/c1-2-5-19(27)26(13-12-21)14-15-8-10-16(11-9-15)17-6-3-4-7-18(17)20-22-24-25-23-20/h3-4,6-11H,2,5,12-14,21H2,1H3,(H,22,23,24,25). The van der Waals surface area contributed by atoms with E-state index >= 15 is 0 Å². The molecule has 140 valence electrons. The summed E-state index contributed by atoms with van der Waals surface area (Å²) in [6.07, 6.45) is 1.39. The van der Waals surface area contributed by atoms with Crippen LogP contribution in [0.25, 0.3) is 22.5 Å². The minimum Gasteiger partial charge on any atom is -0.337 e. The molecule has 3 N–H and O–H groups in total. The fraction of sp³-hybridized carbons (Fsp3) is 0.300. The molecule has 0 atom stereocenters. The molecule has 1 aromatic heterocycles. The van der Waals surface area contributed by atoms with Gasteiger partial charge < -0.3 is 10.6 Å². The first-order valence-corrected chi connectivity index (χ1v) is 9.13. The van der Waals surface area contributed by atoms with Crippen LogP contribution in [0.15, 0.2) is 48.5 Å². The van der Waals surface area contributed by atoms with Crippen molar-refractivity contribution in [2.45, 2.75) is 26.3 Å². The molecule has 0 fully saturated rings. The first-order chi connectivity index (χ1) is 13.2. The lowest BCUT2D eigenvalue weighted by molar-refractivity contribution is -0.131. The van der Waals surface area contributed by atoms with Crippen molar-refractivity contribution in [1.82, 2.24) is 25.5 Å². The zero-order valence-electron chi connectivity index (χ0n) is 15.4. The van der Waals surface area contributed by atoms with Crippen LogP contribution in [-0.4, -0.2) is 44.5 Å². The van der Waals surface area contributed by atoms with Gasteiger partial charge in [0.1, 0.15) is 0 Å². The number of H-pyrrole nitrogens is 1. The van der Waals surface area contributed by atoms with Gasteiger partial charge in [0, 0.05) is 31.6 Å². The summed E-state index contributed by atoms with van der Waals surface area (Å²) < 4.78 is 0. The summed E-state index contributed by atoms with van der Waals surface area (Å²) in [5, 5.41) is 14.1. The Morgan fingerprint density at radius 3 is 2.48 bits per heavy atom. The number of hydrogen-bond donors (Lipinski definition) is 2. The third-order valence-electron chi connectivity index (χ3n) is 4.38. The summed E-state index contributed by atoms with van der Waals surface area (Å²) in [4.78, 5) is 14.1. The van der Waals surface area contributed by atoms with E-state index in [4.69, 9.17) is 5.73 Å². The zero-order valence-corrected chi connectivity index (χ0v) is 15.4. The van der Waals surface area contributed by atoms with Gasteiger partial charge >= 0.3 is 0 Å². The fourth-order valence-electron chi connectivity index (χ4n) is 3.04. The van der Waals surface area contributed by atoms with Gasteiger partial charge in [-0.3, -0.25) is 4.79 Å². The van der Waals surface area contributed by atoms with Gasteiger partial charge in [0.2, 0.25) is 5.91 Å². The van der Waals surface area contributed by atoms with Crippen LogP contribution in [0.4, 0.5) is 0 Å². The topological polar surface area (TPSA) is 101 Å². The van der Waals surface area contributed by atoms with E-state index in [1.807, 2.05) is 48.2 Å². The second kappa shape index (κ2) is 9.05. The average Bonchev–Trinajstić information content (AvgIpc) is 3.23. The monoisotopic (exact) mass is 364 g/mol. The minimum atomic E-state index is 0.148. The first kappa shape index (κ1) is 18.7. The van der Waals surface area contributed by atoms with Crippen molar-refractivity contribution in [3.05, 3.63) is 54.1 Å². The molecule has 7 heteroatoms. The highest BCUT2D eigenvalue weighted by atomic mass is 16.2. The highest BCUT2D eigenvalue weighted by Crippen LogP contribution is 2.29. The number of hydrogen-bond acceptors (Lipinski definition) is 5.